The molecule has 5 heterocycles. The number of rotatable bonds is 9. The summed E-state index contributed by atoms with van der Waals surface area (Å²) < 4.78 is 36.4. The number of ether oxygens (including phenoxy) is 1. The highest BCUT2D eigenvalue weighted by molar-refractivity contribution is 7.20. The Morgan fingerprint density at radius 3 is 1.87 bits per heavy atom. The van der Waals surface area contributed by atoms with Crippen LogP contribution in [0.1, 0.15) is 13.9 Å². The Bertz CT molecular complexity index is 3410. The van der Waals surface area contributed by atoms with E-state index in [4.69, 9.17) is 9.72 Å². The van der Waals surface area contributed by atoms with Gasteiger partial charge < -0.3 is 13.9 Å². The summed E-state index contributed by atoms with van der Waals surface area (Å²) in [4.78, 5) is 5.24. The summed E-state index contributed by atoms with van der Waals surface area (Å²) in [5.41, 5.74) is 5.51. The van der Waals surface area contributed by atoms with Crippen LogP contribution >= 0.6 is 0 Å². The van der Waals surface area contributed by atoms with Crippen LogP contribution in [0.4, 0.5) is 0 Å². The van der Waals surface area contributed by atoms with E-state index in [-0.39, 0.29) is 0 Å². The SMILES string of the molecule is [2H]C([2H])(n1cccc1)C1(Cn2cccc2)c2ccccc2Oc2c1cccc2[Si](c1ccccc1)(c1ccccc1)c1cccc(-n2c3ccccc3n3c4ccccc4nc23)c1. The molecular weight excluding hydrogens is 763 g/mol. The van der Waals surface area contributed by atoms with E-state index in [1.165, 1.54) is 10.4 Å². The number of aromatic nitrogens is 5. The molecule has 7 aromatic carbocycles. The van der Waals surface area contributed by atoms with Crippen molar-refractivity contribution in [3.05, 3.63) is 236 Å². The fourth-order valence-electron chi connectivity index (χ4n) is 9.97. The van der Waals surface area contributed by atoms with Crippen molar-refractivity contribution in [3.63, 3.8) is 0 Å². The predicted octanol–water partition coefficient (Wildman–Crippen LogP) is 9.20. The highest BCUT2D eigenvalue weighted by Gasteiger charge is 2.49. The fourth-order valence-corrected chi connectivity index (χ4v) is 14.9. The molecule has 0 bridgehead atoms. The van der Waals surface area contributed by atoms with Crippen LogP contribution in [0.2, 0.25) is 0 Å². The van der Waals surface area contributed by atoms with Gasteiger partial charge in [-0.3, -0.25) is 8.97 Å². The number of hydrogen-bond donors (Lipinski definition) is 0. The minimum absolute atomic E-state index is 0.331. The Balaban J connectivity index is 1.19. The van der Waals surface area contributed by atoms with Crippen LogP contribution in [-0.4, -0.2) is 31.2 Å². The highest BCUT2D eigenvalue weighted by atomic mass is 28.3. The van der Waals surface area contributed by atoms with Crippen LogP contribution in [0.15, 0.2) is 225 Å². The third-order valence-electron chi connectivity index (χ3n) is 12.5. The molecule has 0 amide bonds. The van der Waals surface area contributed by atoms with Crippen LogP contribution in [0.25, 0.3) is 33.5 Å². The van der Waals surface area contributed by atoms with E-state index in [2.05, 4.69) is 159 Å². The van der Waals surface area contributed by atoms with Crippen molar-refractivity contribution in [2.45, 2.75) is 18.5 Å². The zero-order valence-electron chi connectivity index (χ0n) is 35.2. The number of hydrogen-bond acceptors (Lipinski definition) is 2. The zero-order valence-corrected chi connectivity index (χ0v) is 34.2. The van der Waals surface area contributed by atoms with Gasteiger partial charge in [0.2, 0.25) is 5.78 Å². The smallest absolute Gasteiger partial charge is 0.220 e. The maximum atomic E-state index is 10.4. The molecule has 0 N–H and O–H groups in total. The van der Waals surface area contributed by atoms with Gasteiger partial charge in [0.15, 0.2) is 8.07 Å². The first-order valence-corrected chi connectivity index (χ1v) is 22.7. The molecule has 7 heteroatoms. The standard InChI is InChI=1S/C54H41N5OSi/c1-3-20-41(21-4-1)61(42-22-5-2-6-23-42,43-24-17-19-40(37-43)58-48-29-10-11-30-49(48)59-47-28-9-8-27-46(47)55-53(58)59)51-32-18-26-45-52(51)60-50-31-12-7-25-44(50)54(45,38-56-33-13-14-34-56)39-57-35-15-16-36-57/h1-37H,38-39H2/i38D2. The summed E-state index contributed by atoms with van der Waals surface area (Å²) >= 11 is 0. The van der Waals surface area contributed by atoms with Crippen molar-refractivity contribution in [1.29, 1.82) is 0 Å². The van der Waals surface area contributed by atoms with Crippen molar-refractivity contribution >= 4 is 56.7 Å². The average molecular weight is 806 g/mol. The Hall–Kier alpha value is -7.61. The van der Waals surface area contributed by atoms with Gasteiger partial charge in [-0.1, -0.05) is 133 Å². The summed E-state index contributed by atoms with van der Waals surface area (Å²) in [5.74, 6) is 2.18. The van der Waals surface area contributed by atoms with Gasteiger partial charge in [-0.2, -0.15) is 0 Å². The molecule has 11 aromatic rings. The molecule has 0 saturated heterocycles. The van der Waals surface area contributed by atoms with Gasteiger partial charge >= 0.3 is 0 Å². The summed E-state index contributed by atoms with van der Waals surface area (Å²) in [6.07, 6.45) is 7.72. The van der Waals surface area contributed by atoms with Crippen LogP contribution < -0.4 is 25.5 Å². The van der Waals surface area contributed by atoms with Gasteiger partial charge in [0.25, 0.3) is 0 Å². The Morgan fingerprint density at radius 1 is 0.525 bits per heavy atom. The molecule has 0 saturated carbocycles. The van der Waals surface area contributed by atoms with Crippen LogP contribution in [-0.2, 0) is 18.5 Å². The van der Waals surface area contributed by atoms with E-state index >= 15 is 0 Å². The first-order valence-electron chi connectivity index (χ1n) is 21.7. The highest BCUT2D eigenvalue weighted by Crippen LogP contribution is 2.50. The second-order valence-corrected chi connectivity index (χ2v) is 19.6. The number of benzene rings is 7. The van der Waals surface area contributed by atoms with E-state index < -0.39 is 20.0 Å². The van der Waals surface area contributed by atoms with Gasteiger partial charge in [0, 0.05) is 54.6 Å². The van der Waals surface area contributed by atoms with E-state index in [0.29, 0.717) is 18.0 Å². The Labute approximate surface area is 357 Å². The van der Waals surface area contributed by atoms with Crippen LogP contribution in [0.3, 0.4) is 0 Å². The molecule has 1 unspecified atom stereocenters. The van der Waals surface area contributed by atoms with Crippen molar-refractivity contribution in [2.75, 3.05) is 0 Å². The van der Waals surface area contributed by atoms with Gasteiger partial charge in [-0.25, -0.2) is 4.98 Å². The van der Waals surface area contributed by atoms with E-state index in [1.54, 1.807) is 4.57 Å². The first kappa shape index (κ1) is 33.2. The Kier molecular flexibility index (Phi) is 7.63. The zero-order chi connectivity index (χ0) is 42.2. The number of para-hydroxylation sites is 6. The molecule has 4 aromatic heterocycles. The molecular formula is C54H41N5OSi. The summed E-state index contributed by atoms with van der Waals surface area (Å²) in [7, 11) is -3.38. The Morgan fingerprint density at radius 2 is 1.11 bits per heavy atom. The molecule has 1 atom stereocenters. The minimum Gasteiger partial charge on any atom is -0.457 e. The third-order valence-corrected chi connectivity index (χ3v) is 17.3. The molecule has 0 fully saturated rings. The minimum atomic E-state index is -3.38. The second kappa shape index (κ2) is 14.0. The molecule has 61 heavy (non-hydrogen) atoms. The maximum absolute atomic E-state index is 10.4. The molecule has 6 nitrogen and oxygen atoms in total. The van der Waals surface area contributed by atoms with E-state index in [0.717, 1.165) is 55.0 Å². The third kappa shape index (κ3) is 5.37. The topological polar surface area (TPSA) is 41.3 Å². The van der Waals surface area contributed by atoms with Gasteiger partial charge in [-0.05, 0) is 87.5 Å². The first-order chi connectivity index (χ1) is 31.0. The molecule has 0 spiro atoms. The maximum Gasteiger partial charge on any atom is 0.220 e. The van der Waals surface area contributed by atoms with Gasteiger partial charge in [0.05, 0.1) is 30.2 Å². The molecule has 292 valence electrons. The number of fused-ring (bicyclic) bond motifs is 7. The van der Waals surface area contributed by atoms with Crippen LogP contribution in [0.5, 0.6) is 11.5 Å². The summed E-state index contributed by atoms with van der Waals surface area (Å²) in [5, 5.41) is 4.56. The lowest BCUT2D eigenvalue weighted by molar-refractivity contribution is 0.323. The fraction of sp³-hybridized carbons (Fsp3) is 0.0556. The van der Waals surface area contributed by atoms with E-state index in [9.17, 15) is 2.74 Å². The van der Waals surface area contributed by atoms with E-state index in [1.807, 2.05) is 79.4 Å². The monoisotopic (exact) mass is 805 g/mol. The van der Waals surface area contributed by atoms with Crippen molar-refractivity contribution in [3.8, 4) is 17.2 Å². The molecule has 12 rings (SSSR count). The van der Waals surface area contributed by atoms with Crippen LogP contribution in [0, 0.1) is 0 Å². The lowest BCUT2D eigenvalue weighted by atomic mass is 9.72. The average Bonchev–Trinajstić information content (AvgIpc) is 4.17. The van der Waals surface area contributed by atoms with Crippen molar-refractivity contribution < 1.29 is 7.48 Å². The summed E-state index contributed by atoms with van der Waals surface area (Å²) in [6.45, 7) is -1.62. The molecule has 1 aliphatic rings. The second-order valence-electron chi connectivity index (χ2n) is 15.8. The summed E-state index contributed by atoms with van der Waals surface area (Å²) in [6, 6.07) is 69.9. The number of nitrogens with zero attached hydrogens (tertiary/aromatic N) is 5. The van der Waals surface area contributed by atoms with Crippen molar-refractivity contribution in [2.24, 2.45) is 0 Å². The van der Waals surface area contributed by atoms with Gasteiger partial charge in [-0.15, -0.1) is 0 Å². The number of imidazole rings is 2. The lowest BCUT2D eigenvalue weighted by Crippen LogP contribution is -2.75. The largest absolute Gasteiger partial charge is 0.457 e. The van der Waals surface area contributed by atoms with Gasteiger partial charge in [0.1, 0.15) is 11.5 Å². The normalized spacial score (nSPS) is 15.6. The predicted molar refractivity (Wildman–Crippen MR) is 249 cm³/mol. The quantitative estimate of drug-likeness (QED) is 0.108. The molecule has 1 aliphatic heterocycles. The van der Waals surface area contributed by atoms with Crippen molar-refractivity contribution in [1.82, 2.24) is 23.1 Å². The molecule has 0 radical (unpaired) electrons. The lowest BCUT2D eigenvalue weighted by Gasteiger charge is -2.44. The molecule has 0 aliphatic carbocycles.